The van der Waals surface area contributed by atoms with Gasteiger partial charge in [-0.1, -0.05) is 13.0 Å². The van der Waals surface area contributed by atoms with Gasteiger partial charge in [0, 0.05) is 11.8 Å². The van der Waals surface area contributed by atoms with Gasteiger partial charge in [0.1, 0.15) is 11.5 Å². The van der Waals surface area contributed by atoms with E-state index in [4.69, 9.17) is 0 Å². The quantitative estimate of drug-likeness (QED) is 0.469. The van der Waals surface area contributed by atoms with Gasteiger partial charge in [-0.25, -0.2) is 9.79 Å². The first-order chi connectivity index (χ1) is 14.3. The number of pyridine rings is 1. The van der Waals surface area contributed by atoms with Crippen LogP contribution in [-0.4, -0.2) is 41.9 Å². The van der Waals surface area contributed by atoms with Gasteiger partial charge in [0.2, 0.25) is 0 Å². The number of hydrazone groups is 1. The molecule has 0 saturated carbocycles. The van der Waals surface area contributed by atoms with Crippen LogP contribution in [0.5, 0.6) is 0 Å². The molecule has 0 unspecified atom stereocenters. The minimum absolute atomic E-state index is 0.00358. The number of methoxy groups -OCH3 is 1. The van der Waals surface area contributed by atoms with E-state index in [-0.39, 0.29) is 35.1 Å². The lowest BCUT2D eigenvalue weighted by Crippen LogP contribution is -2.25. The zero-order chi connectivity index (χ0) is 21.7. The monoisotopic (exact) mass is 417 g/mol. The molecule has 3 rings (SSSR count). The fraction of sp³-hybridized carbons (Fsp3) is 0.250. The standard InChI is InChI=1S/C20H18F3N5O2/c1-3-14(19(29)30-2)27-28-17-11-25-18(16-6-4-5-9-24-16)13-10-12(20(21,22)23)7-8-15(13)26-17/h4-10H,3,11H2,1-2H3,(H,26,28). The van der Waals surface area contributed by atoms with Gasteiger partial charge >= 0.3 is 12.1 Å². The Hall–Kier alpha value is -3.56. The molecule has 0 spiro atoms. The van der Waals surface area contributed by atoms with Crippen LogP contribution in [-0.2, 0) is 15.7 Å². The van der Waals surface area contributed by atoms with Crippen molar-refractivity contribution in [3.8, 4) is 0 Å². The Morgan fingerprint density at radius 3 is 2.70 bits per heavy atom. The van der Waals surface area contributed by atoms with Gasteiger partial charge in [-0.2, -0.15) is 18.3 Å². The van der Waals surface area contributed by atoms with E-state index >= 15 is 0 Å². The van der Waals surface area contributed by atoms with E-state index in [0.29, 0.717) is 12.1 Å². The Morgan fingerprint density at radius 2 is 2.07 bits per heavy atom. The van der Waals surface area contributed by atoms with Crippen LogP contribution in [0.25, 0.3) is 0 Å². The van der Waals surface area contributed by atoms with E-state index in [1.165, 1.54) is 19.4 Å². The number of carbonyl (C=O) groups excluding carboxylic acids is 1. The van der Waals surface area contributed by atoms with Crippen molar-refractivity contribution in [2.24, 2.45) is 15.1 Å². The van der Waals surface area contributed by atoms with Crippen molar-refractivity contribution in [1.29, 1.82) is 0 Å². The highest BCUT2D eigenvalue weighted by atomic mass is 19.4. The summed E-state index contributed by atoms with van der Waals surface area (Å²) in [4.78, 5) is 24.7. The minimum Gasteiger partial charge on any atom is -0.464 e. The number of hydrogen-bond donors (Lipinski definition) is 1. The second-order valence-electron chi connectivity index (χ2n) is 6.18. The maximum absolute atomic E-state index is 13.3. The summed E-state index contributed by atoms with van der Waals surface area (Å²) >= 11 is 0. The molecule has 1 aliphatic rings. The Labute approximate surface area is 170 Å². The molecule has 0 aliphatic carbocycles. The summed E-state index contributed by atoms with van der Waals surface area (Å²) in [6.45, 7) is 1.74. The zero-order valence-electron chi connectivity index (χ0n) is 16.2. The molecule has 0 radical (unpaired) electrons. The van der Waals surface area contributed by atoms with Gasteiger partial charge in [-0.3, -0.25) is 15.4 Å². The third-order valence-corrected chi connectivity index (χ3v) is 4.20. The van der Waals surface area contributed by atoms with E-state index < -0.39 is 17.7 Å². The Balaban J connectivity index is 2.06. The predicted molar refractivity (Wildman–Crippen MR) is 106 cm³/mol. The van der Waals surface area contributed by atoms with Gasteiger partial charge in [-0.05, 0) is 36.8 Å². The predicted octanol–water partition coefficient (Wildman–Crippen LogP) is 3.51. The van der Waals surface area contributed by atoms with Crippen LogP contribution in [0, 0.1) is 0 Å². The second-order valence-corrected chi connectivity index (χ2v) is 6.18. The first-order valence-corrected chi connectivity index (χ1v) is 8.99. The smallest absolute Gasteiger partial charge is 0.416 e. The Kier molecular flexibility index (Phi) is 6.24. The molecule has 0 amide bonds. The van der Waals surface area contributed by atoms with E-state index in [9.17, 15) is 18.0 Å². The van der Waals surface area contributed by atoms with Crippen molar-refractivity contribution in [2.45, 2.75) is 19.5 Å². The van der Waals surface area contributed by atoms with Crippen molar-refractivity contribution >= 4 is 28.9 Å². The highest BCUT2D eigenvalue weighted by Crippen LogP contribution is 2.34. The number of aliphatic imine (C=N–C) groups is 2. The normalized spacial score (nSPS) is 14.2. The van der Waals surface area contributed by atoms with E-state index in [2.05, 4.69) is 30.2 Å². The third-order valence-electron chi connectivity index (χ3n) is 4.20. The van der Waals surface area contributed by atoms with Gasteiger partial charge in [-0.15, -0.1) is 0 Å². The summed E-state index contributed by atoms with van der Waals surface area (Å²) in [6, 6.07) is 8.31. The van der Waals surface area contributed by atoms with Gasteiger partial charge in [0.05, 0.1) is 36.3 Å². The van der Waals surface area contributed by atoms with Crippen molar-refractivity contribution in [3.63, 3.8) is 0 Å². The highest BCUT2D eigenvalue weighted by molar-refractivity contribution is 6.36. The van der Waals surface area contributed by atoms with Crippen molar-refractivity contribution < 1.29 is 22.7 Å². The van der Waals surface area contributed by atoms with Crippen molar-refractivity contribution in [2.75, 3.05) is 13.7 Å². The molecule has 0 bridgehead atoms. The number of halogens is 3. The van der Waals surface area contributed by atoms with Crippen LogP contribution in [0.3, 0.4) is 0 Å². The third kappa shape index (κ3) is 4.70. The Bertz CT molecular complexity index is 1030. The molecule has 1 aliphatic heterocycles. The summed E-state index contributed by atoms with van der Waals surface area (Å²) in [5, 5.41) is 4.00. The topological polar surface area (TPSA) is 88.3 Å². The summed E-state index contributed by atoms with van der Waals surface area (Å²) < 4.78 is 44.4. The maximum Gasteiger partial charge on any atom is 0.416 e. The van der Waals surface area contributed by atoms with Crippen molar-refractivity contribution in [3.05, 3.63) is 59.4 Å². The lowest BCUT2D eigenvalue weighted by Gasteiger charge is -2.12. The van der Waals surface area contributed by atoms with Gasteiger partial charge in [0.15, 0.2) is 0 Å². The van der Waals surface area contributed by atoms with Crippen LogP contribution in [0.4, 0.5) is 18.9 Å². The molecule has 10 heteroatoms. The number of alkyl halides is 3. The largest absolute Gasteiger partial charge is 0.464 e. The summed E-state index contributed by atoms with van der Waals surface area (Å²) in [5.74, 6) is -0.330. The molecule has 2 heterocycles. The molecule has 30 heavy (non-hydrogen) atoms. The lowest BCUT2D eigenvalue weighted by atomic mass is 10.0. The highest BCUT2D eigenvalue weighted by Gasteiger charge is 2.32. The first kappa shape index (κ1) is 21.2. The molecule has 0 fully saturated rings. The fourth-order valence-electron chi connectivity index (χ4n) is 2.72. The van der Waals surface area contributed by atoms with E-state index in [1.807, 2.05) is 0 Å². The SMILES string of the molecule is CCC(=NNC1=Nc2ccc(C(F)(F)F)cc2C(c2ccccn2)=NC1)C(=O)OC. The summed E-state index contributed by atoms with van der Waals surface area (Å²) in [5.41, 5.74) is 3.18. The molecule has 1 aromatic heterocycles. The van der Waals surface area contributed by atoms with Crippen LogP contribution >= 0.6 is 0 Å². The number of hydrogen-bond acceptors (Lipinski definition) is 7. The van der Waals surface area contributed by atoms with Gasteiger partial charge < -0.3 is 4.74 Å². The number of ether oxygens (including phenoxy) is 1. The van der Waals surface area contributed by atoms with Crippen LogP contribution < -0.4 is 5.43 Å². The van der Waals surface area contributed by atoms with E-state index in [0.717, 1.165) is 12.1 Å². The number of nitrogens with one attached hydrogen (secondary N) is 1. The first-order valence-electron chi connectivity index (χ1n) is 8.99. The molecule has 1 N–H and O–H groups in total. The van der Waals surface area contributed by atoms with Crippen molar-refractivity contribution in [1.82, 2.24) is 10.4 Å². The second kappa shape index (κ2) is 8.85. The van der Waals surface area contributed by atoms with Crippen LogP contribution in [0.2, 0.25) is 0 Å². The number of rotatable bonds is 4. The van der Waals surface area contributed by atoms with Crippen LogP contribution in [0.1, 0.15) is 30.2 Å². The molecule has 1 aromatic carbocycles. The number of amidine groups is 1. The number of nitrogens with zero attached hydrogens (tertiary/aromatic N) is 4. The fourth-order valence-corrected chi connectivity index (χ4v) is 2.72. The number of esters is 1. The molecule has 7 nitrogen and oxygen atoms in total. The molecular weight excluding hydrogens is 399 g/mol. The summed E-state index contributed by atoms with van der Waals surface area (Å²) in [7, 11) is 1.24. The molecular formula is C20H18F3N5O2. The zero-order valence-corrected chi connectivity index (χ0v) is 16.2. The molecule has 0 saturated heterocycles. The number of aromatic nitrogens is 1. The lowest BCUT2D eigenvalue weighted by molar-refractivity contribution is -0.137. The van der Waals surface area contributed by atoms with Crippen LogP contribution in [0.15, 0.2) is 57.7 Å². The number of carbonyl (C=O) groups is 1. The maximum atomic E-state index is 13.3. The molecule has 2 aromatic rings. The number of benzene rings is 1. The minimum atomic E-state index is -4.51. The Morgan fingerprint density at radius 1 is 1.27 bits per heavy atom. The number of fused-ring (bicyclic) bond motifs is 1. The summed E-state index contributed by atoms with van der Waals surface area (Å²) in [6.07, 6.45) is -2.66. The molecule has 0 atom stereocenters. The molecule has 156 valence electrons. The average molecular weight is 417 g/mol. The average Bonchev–Trinajstić information content (AvgIpc) is 2.92. The van der Waals surface area contributed by atoms with E-state index in [1.54, 1.807) is 25.1 Å². The van der Waals surface area contributed by atoms with Gasteiger partial charge in [0.25, 0.3) is 0 Å².